The van der Waals surface area contributed by atoms with E-state index in [9.17, 15) is 9.59 Å². The molecular formula is C29H31ClN2O6S. The maximum atomic E-state index is 13.8. The number of esters is 1. The minimum Gasteiger partial charge on any atom is -0.493 e. The molecule has 2 aromatic carbocycles. The molecule has 3 aromatic rings. The van der Waals surface area contributed by atoms with Gasteiger partial charge in [0.2, 0.25) is 0 Å². The average molecular weight is 571 g/mol. The van der Waals surface area contributed by atoms with Crippen molar-refractivity contribution in [1.82, 2.24) is 4.57 Å². The first-order chi connectivity index (χ1) is 18.9. The number of methoxy groups -OCH3 is 2. The minimum atomic E-state index is -0.723. The molecule has 0 aliphatic carbocycles. The summed E-state index contributed by atoms with van der Waals surface area (Å²) in [6.45, 7) is 4.80. The summed E-state index contributed by atoms with van der Waals surface area (Å²) in [6.07, 6.45) is 3.77. The lowest BCUT2D eigenvalue weighted by Gasteiger charge is -2.24. The Bertz CT molecular complexity index is 1540. The highest BCUT2D eigenvalue weighted by molar-refractivity contribution is 7.07. The predicted octanol–water partition coefficient (Wildman–Crippen LogP) is 4.27. The SMILES string of the molecule is CCCCOc1ccc(C=c2sc3n(c2=O)C(c2ccc(Cl)cc2)C(C(=O)OCCOC)=C(C)N=3)cc1OC. The Morgan fingerprint density at radius 1 is 1.10 bits per heavy atom. The van der Waals surface area contributed by atoms with Crippen LogP contribution in [0.3, 0.4) is 0 Å². The first-order valence-corrected chi connectivity index (χ1v) is 13.8. The summed E-state index contributed by atoms with van der Waals surface area (Å²) in [7, 11) is 3.12. The van der Waals surface area contributed by atoms with E-state index in [0.29, 0.717) is 43.7 Å². The Labute approximate surface area is 235 Å². The van der Waals surface area contributed by atoms with E-state index in [4.69, 9.17) is 30.5 Å². The first-order valence-electron chi connectivity index (χ1n) is 12.6. The van der Waals surface area contributed by atoms with Gasteiger partial charge in [-0.05, 0) is 54.8 Å². The number of unbranched alkanes of at least 4 members (excludes halogenated alkanes) is 1. The van der Waals surface area contributed by atoms with Gasteiger partial charge in [0.25, 0.3) is 5.56 Å². The zero-order valence-electron chi connectivity index (χ0n) is 22.4. The van der Waals surface area contributed by atoms with Gasteiger partial charge >= 0.3 is 5.97 Å². The summed E-state index contributed by atoms with van der Waals surface area (Å²) in [6, 6.07) is 11.9. The fraction of sp³-hybridized carbons (Fsp3) is 0.345. The molecule has 1 atom stereocenters. The fourth-order valence-electron chi connectivity index (χ4n) is 4.21. The molecule has 206 valence electrons. The molecule has 8 nitrogen and oxygen atoms in total. The molecule has 1 aliphatic heterocycles. The predicted molar refractivity (Wildman–Crippen MR) is 151 cm³/mol. The van der Waals surface area contributed by atoms with Gasteiger partial charge in [-0.2, -0.15) is 0 Å². The van der Waals surface area contributed by atoms with Crippen molar-refractivity contribution >= 4 is 35.0 Å². The number of fused-ring (bicyclic) bond motifs is 1. The summed E-state index contributed by atoms with van der Waals surface area (Å²) in [5.41, 5.74) is 2.01. The third kappa shape index (κ3) is 6.43. The van der Waals surface area contributed by atoms with E-state index in [2.05, 4.69) is 11.9 Å². The summed E-state index contributed by atoms with van der Waals surface area (Å²) >= 11 is 7.39. The second-order valence-corrected chi connectivity index (χ2v) is 10.3. The van der Waals surface area contributed by atoms with Crippen molar-refractivity contribution in [3.63, 3.8) is 0 Å². The smallest absolute Gasteiger partial charge is 0.338 e. The van der Waals surface area contributed by atoms with Crippen LogP contribution in [0.5, 0.6) is 11.5 Å². The van der Waals surface area contributed by atoms with Gasteiger partial charge in [0.15, 0.2) is 16.3 Å². The first kappa shape index (κ1) is 28.6. The fourth-order valence-corrected chi connectivity index (χ4v) is 5.38. The Balaban J connectivity index is 1.79. The highest BCUT2D eigenvalue weighted by Crippen LogP contribution is 2.32. The lowest BCUT2D eigenvalue weighted by Crippen LogP contribution is -2.40. The number of benzene rings is 2. The number of halogens is 1. The molecule has 0 radical (unpaired) electrons. The monoisotopic (exact) mass is 570 g/mol. The van der Waals surface area contributed by atoms with Crippen LogP contribution in [0.4, 0.5) is 0 Å². The number of rotatable bonds is 11. The molecule has 1 aromatic heterocycles. The van der Waals surface area contributed by atoms with Crippen LogP contribution >= 0.6 is 22.9 Å². The van der Waals surface area contributed by atoms with E-state index in [1.807, 2.05) is 18.2 Å². The highest BCUT2D eigenvalue weighted by Gasteiger charge is 2.33. The molecule has 0 N–H and O–H groups in total. The molecule has 4 rings (SSSR count). The molecule has 10 heteroatoms. The zero-order valence-corrected chi connectivity index (χ0v) is 23.9. The Hall–Kier alpha value is -3.40. The number of thiazole rings is 1. The van der Waals surface area contributed by atoms with Crippen molar-refractivity contribution in [2.75, 3.05) is 34.0 Å². The molecule has 39 heavy (non-hydrogen) atoms. The van der Waals surface area contributed by atoms with Crippen LogP contribution in [0.15, 0.2) is 63.5 Å². The van der Waals surface area contributed by atoms with Crippen LogP contribution in [0.2, 0.25) is 5.02 Å². The number of carbonyl (C=O) groups excluding carboxylic acids is 1. The van der Waals surface area contributed by atoms with Crippen LogP contribution in [-0.4, -0.2) is 44.6 Å². The number of hydrogen-bond donors (Lipinski definition) is 0. The maximum Gasteiger partial charge on any atom is 0.338 e. The van der Waals surface area contributed by atoms with E-state index in [1.165, 1.54) is 18.4 Å². The van der Waals surface area contributed by atoms with Crippen LogP contribution in [-0.2, 0) is 14.3 Å². The van der Waals surface area contributed by atoms with E-state index < -0.39 is 12.0 Å². The largest absolute Gasteiger partial charge is 0.493 e. The Kier molecular flexibility index (Phi) is 9.61. The van der Waals surface area contributed by atoms with Gasteiger partial charge in [-0.1, -0.05) is 54.5 Å². The number of allylic oxidation sites excluding steroid dienone is 1. The normalized spacial score (nSPS) is 15.1. The number of carbonyl (C=O) groups is 1. The van der Waals surface area contributed by atoms with Crippen molar-refractivity contribution in [3.8, 4) is 11.5 Å². The van der Waals surface area contributed by atoms with Crippen molar-refractivity contribution in [1.29, 1.82) is 0 Å². The van der Waals surface area contributed by atoms with Crippen LogP contribution in [0.25, 0.3) is 6.08 Å². The molecule has 0 saturated heterocycles. The second kappa shape index (κ2) is 13.1. The summed E-state index contributed by atoms with van der Waals surface area (Å²) < 4.78 is 23.8. The lowest BCUT2D eigenvalue weighted by molar-refractivity contribution is -0.140. The van der Waals surface area contributed by atoms with Gasteiger partial charge in [0.1, 0.15) is 6.61 Å². The summed E-state index contributed by atoms with van der Waals surface area (Å²) in [4.78, 5) is 32.1. The average Bonchev–Trinajstić information content (AvgIpc) is 3.23. The minimum absolute atomic E-state index is 0.0872. The molecule has 2 heterocycles. The lowest BCUT2D eigenvalue weighted by atomic mass is 9.96. The maximum absolute atomic E-state index is 13.8. The standard InChI is InChI=1S/C29H31ClN2O6S/c1-5-6-13-37-22-12-7-19(16-23(22)36-4)17-24-27(33)32-26(20-8-10-21(30)11-9-20)25(18(2)31-29(32)39-24)28(34)38-15-14-35-3/h7-12,16-17,26H,5-6,13-15H2,1-4H3. The van der Waals surface area contributed by atoms with Gasteiger partial charge in [-0.15, -0.1) is 0 Å². The Morgan fingerprint density at radius 3 is 2.56 bits per heavy atom. The summed E-state index contributed by atoms with van der Waals surface area (Å²) in [5, 5.41) is 0.548. The van der Waals surface area contributed by atoms with Crippen molar-refractivity contribution in [2.24, 2.45) is 4.99 Å². The van der Waals surface area contributed by atoms with E-state index in [-0.39, 0.29) is 18.8 Å². The van der Waals surface area contributed by atoms with Crippen LogP contribution in [0, 0.1) is 0 Å². The van der Waals surface area contributed by atoms with Crippen molar-refractivity contribution < 1.29 is 23.7 Å². The number of hydrogen-bond acceptors (Lipinski definition) is 8. The molecule has 0 saturated carbocycles. The van der Waals surface area contributed by atoms with Gasteiger partial charge in [0, 0.05) is 12.1 Å². The van der Waals surface area contributed by atoms with E-state index >= 15 is 0 Å². The van der Waals surface area contributed by atoms with E-state index in [1.54, 1.807) is 48.9 Å². The van der Waals surface area contributed by atoms with Gasteiger partial charge in [0.05, 0.1) is 42.2 Å². The topological polar surface area (TPSA) is 88.4 Å². The third-order valence-electron chi connectivity index (χ3n) is 6.19. The van der Waals surface area contributed by atoms with E-state index in [0.717, 1.165) is 24.0 Å². The molecule has 1 aliphatic rings. The zero-order chi connectivity index (χ0) is 27.9. The third-order valence-corrected chi connectivity index (χ3v) is 7.42. The van der Waals surface area contributed by atoms with Crippen molar-refractivity contribution in [2.45, 2.75) is 32.7 Å². The number of nitrogens with zero attached hydrogens (tertiary/aromatic N) is 2. The number of ether oxygens (including phenoxy) is 4. The molecular weight excluding hydrogens is 540 g/mol. The summed E-state index contributed by atoms with van der Waals surface area (Å²) in [5.74, 6) is 0.689. The van der Waals surface area contributed by atoms with Crippen molar-refractivity contribution in [3.05, 3.63) is 89.6 Å². The van der Waals surface area contributed by atoms with Gasteiger partial charge in [-0.25, -0.2) is 9.79 Å². The molecule has 1 unspecified atom stereocenters. The molecule has 0 fully saturated rings. The van der Waals surface area contributed by atoms with Gasteiger partial charge in [-0.3, -0.25) is 9.36 Å². The molecule has 0 spiro atoms. The molecule has 0 bridgehead atoms. The molecule has 0 amide bonds. The Morgan fingerprint density at radius 2 is 1.87 bits per heavy atom. The van der Waals surface area contributed by atoms with Crippen LogP contribution in [0.1, 0.15) is 43.9 Å². The second-order valence-electron chi connectivity index (χ2n) is 8.87. The number of aromatic nitrogens is 1. The quantitative estimate of drug-likeness (QED) is 0.253. The highest BCUT2D eigenvalue weighted by atomic mass is 35.5. The van der Waals surface area contributed by atoms with Crippen LogP contribution < -0.4 is 24.4 Å². The van der Waals surface area contributed by atoms with Gasteiger partial charge < -0.3 is 18.9 Å².